The summed E-state index contributed by atoms with van der Waals surface area (Å²) < 4.78 is 11.6. The number of nitrogens with zero attached hydrogens (tertiary/aromatic N) is 3. The molecule has 0 aliphatic carbocycles. The fraction of sp³-hybridized carbons (Fsp3) is 0.211. The van der Waals surface area contributed by atoms with Gasteiger partial charge in [0.15, 0.2) is 0 Å². The molecule has 0 bridgehead atoms. The van der Waals surface area contributed by atoms with Crippen LogP contribution >= 0.6 is 34.8 Å². The first-order valence-electron chi connectivity index (χ1n) is 8.27. The van der Waals surface area contributed by atoms with E-state index in [9.17, 15) is 4.79 Å². The molecule has 0 aliphatic rings. The molecule has 28 heavy (non-hydrogen) atoms. The first-order valence-corrected chi connectivity index (χ1v) is 9.40. The highest BCUT2D eigenvalue weighted by atomic mass is 35.5. The molecular formula is C19H16Cl3N3O3. The van der Waals surface area contributed by atoms with Gasteiger partial charge in [-0.3, -0.25) is 0 Å². The van der Waals surface area contributed by atoms with Crippen molar-refractivity contribution >= 4 is 46.8 Å². The molecule has 3 aromatic rings. The number of aromatic nitrogens is 3. The van der Waals surface area contributed by atoms with Gasteiger partial charge in [-0.25, -0.2) is 9.48 Å². The zero-order valence-corrected chi connectivity index (χ0v) is 17.3. The number of ether oxygens (including phenoxy) is 1. The highest BCUT2D eigenvalue weighted by molar-refractivity contribution is 6.35. The highest BCUT2D eigenvalue weighted by Gasteiger charge is 2.13. The summed E-state index contributed by atoms with van der Waals surface area (Å²) >= 11 is 18.6. The number of benzene rings is 1. The first kappa shape index (κ1) is 20.5. The van der Waals surface area contributed by atoms with E-state index in [-0.39, 0.29) is 6.61 Å². The van der Waals surface area contributed by atoms with Crippen molar-refractivity contribution in [3.8, 4) is 0 Å². The van der Waals surface area contributed by atoms with Crippen LogP contribution < -0.4 is 0 Å². The molecule has 0 atom stereocenters. The molecule has 3 rings (SSSR count). The molecule has 0 fully saturated rings. The summed E-state index contributed by atoms with van der Waals surface area (Å²) in [6.45, 7) is 3.97. The van der Waals surface area contributed by atoms with Crippen LogP contribution in [-0.4, -0.2) is 20.9 Å². The van der Waals surface area contributed by atoms with Crippen LogP contribution in [0.5, 0.6) is 0 Å². The number of halogens is 3. The zero-order chi connectivity index (χ0) is 20.3. The van der Waals surface area contributed by atoms with Gasteiger partial charge in [0.05, 0.1) is 12.2 Å². The Balaban J connectivity index is 1.68. The second-order valence-corrected chi connectivity index (χ2v) is 7.25. The van der Waals surface area contributed by atoms with Crippen LogP contribution in [0.15, 0.2) is 34.9 Å². The maximum Gasteiger partial charge on any atom is 0.331 e. The van der Waals surface area contributed by atoms with Gasteiger partial charge in [-0.1, -0.05) is 46.0 Å². The van der Waals surface area contributed by atoms with Crippen molar-refractivity contribution in [1.82, 2.24) is 14.9 Å². The molecule has 6 nitrogen and oxygen atoms in total. The third kappa shape index (κ3) is 4.95. The number of aryl methyl sites for hydroxylation is 2. The number of hydrogen-bond donors (Lipinski definition) is 0. The average molecular weight is 441 g/mol. The van der Waals surface area contributed by atoms with Crippen molar-refractivity contribution in [2.24, 2.45) is 0 Å². The lowest BCUT2D eigenvalue weighted by atomic mass is 10.2. The maximum atomic E-state index is 11.9. The molecule has 0 saturated heterocycles. The minimum absolute atomic E-state index is 0.0293. The summed E-state index contributed by atoms with van der Waals surface area (Å²) in [5.74, 6) is 0.127. The molecule has 0 amide bonds. The molecule has 0 radical (unpaired) electrons. The minimum atomic E-state index is -0.524. The van der Waals surface area contributed by atoms with Crippen molar-refractivity contribution in [1.29, 1.82) is 0 Å². The van der Waals surface area contributed by atoms with Crippen molar-refractivity contribution in [2.45, 2.75) is 27.0 Å². The number of carbonyl (C=O) groups excluding carboxylic acids is 1. The van der Waals surface area contributed by atoms with E-state index in [1.807, 2.05) is 6.07 Å². The van der Waals surface area contributed by atoms with E-state index in [1.165, 1.54) is 6.08 Å². The summed E-state index contributed by atoms with van der Waals surface area (Å²) in [6, 6.07) is 6.93. The molecule has 2 aromatic heterocycles. The van der Waals surface area contributed by atoms with Gasteiger partial charge < -0.3 is 9.26 Å². The van der Waals surface area contributed by atoms with Crippen LogP contribution in [0.1, 0.15) is 28.3 Å². The lowest BCUT2D eigenvalue weighted by Gasteiger charge is -2.06. The Hall–Kier alpha value is -2.28. The number of esters is 1. The topological polar surface area (TPSA) is 70.2 Å². The second kappa shape index (κ2) is 8.82. The van der Waals surface area contributed by atoms with Crippen LogP contribution in [0.2, 0.25) is 15.2 Å². The van der Waals surface area contributed by atoms with Crippen LogP contribution in [0.3, 0.4) is 0 Å². The van der Waals surface area contributed by atoms with Gasteiger partial charge >= 0.3 is 5.97 Å². The lowest BCUT2D eigenvalue weighted by molar-refractivity contribution is -0.139. The van der Waals surface area contributed by atoms with Gasteiger partial charge in [-0.05, 0) is 37.6 Å². The molecule has 2 heterocycles. The Labute approximate surface area is 176 Å². The second-order valence-electron chi connectivity index (χ2n) is 6.05. The molecule has 0 unspecified atom stereocenters. The minimum Gasteiger partial charge on any atom is -0.456 e. The van der Waals surface area contributed by atoms with E-state index in [2.05, 4.69) is 10.3 Å². The van der Waals surface area contributed by atoms with E-state index in [0.717, 1.165) is 5.56 Å². The van der Waals surface area contributed by atoms with Gasteiger partial charge in [-0.2, -0.15) is 5.10 Å². The molecule has 0 spiro atoms. The van der Waals surface area contributed by atoms with Gasteiger partial charge in [0.25, 0.3) is 0 Å². The van der Waals surface area contributed by atoms with Crippen molar-refractivity contribution < 1.29 is 14.1 Å². The third-order valence-corrected chi connectivity index (χ3v) is 4.86. The number of hydrogen-bond acceptors (Lipinski definition) is 5. The van der Waals surface area contributed by atoms with Gasteiger partial charge in [-0.15, -0.1) is 0 Å². The smallest absolute Gasteiger partial charge is 0.331 e. The van der Waals surface area contributed by atoms with Crippen LogP contribution in [0.4, 0.5) is 0 Å². The molecule has 1 aromatic carbocycles. The van der Waals surface area contributed by atoms with Crippen molar-refractivity contribution in [2.75, 3.05) is 0 Å². The first-order chi connectivity index (χ1) is 13.3. The standard InChI is InChI=1S/C19H16Cl3N3O3/c1-11-7-15(24-28-11)10-27-18(26)6-5-16-12(2)23-25(19(16)22)9-13-3-4-14(20)8-17(13)21/h3-8H,9-10H2,1-2H3/b6-5+. The predicted molar refractivity (Wildman–Crippen MR) is 108 cm³/mol. The van der Waals surface area contributed by atoms with Crippen LogP contribution in [-0.2, 0) is 22.7 Å². The predicted octanol–water partition coefficient (Wildman–Crippen LogP) is 5.25. The van der Waals surface area contributed by atoms with E-state index < -0.39 is 5.97 Å². The fourth-order valence-electron chi connectivity index (χ4n) is 2.50. The summed E-state index contributed by atoms with van der Waals surface area (Å²) in [5, 5.41) is 9.64. The summed E-state index contributed by atoms with van der Waals surface area (Å²) in [6.07, 6.45) is 2.86. The maximum absolute atomic E-state index is 11.9. The van der Waals surface area contributed by atoms with Crippen molar-refractivity contribution in [3.63, 3.8) is 0 Å². The monoisotopic (exact) mass is 439 g/mol. The van der Waals surface area contributed by atoms with Crippen LogP contribution in [0, 0.1) is 13.8 Å². The summed E-state index contributed by atoms with van der Waals surface area (Å²) in [5.41, 5.74) is 2.67. The largest absolute Gasteiger partial charge is 0.456 e. The van der Waals surface area contributed by atoms with E-state index in [4.69, 9.17) is 44.1 Å². The van der Waals surface area contributed by atoms with E-state index in [1.54, 1.807) is 42.8 Å². The van der Waals surface area contributed by atoms with E-state index in [0.29, 0.717) is 44.5 Å². The van der Waals surface area contributed by atoms with Gasteiger partial charge in [0.1, 0.15) is 23.2 Å². The third-order valence-electron chi connectivity index (χ3n) is 3.87. The average Bonchev–Trinajstić information content (AvgIpc) is 3.17. The van der Waals surface area contributed by atoms with Crippen molar-refractivity contribution in [3.05, 3.63) is 73.8 Å². The normalized spacial score (nSPS) is 11.3. The Morgan fingerprint density at radius 1 is 1.25 bits per heavy atom. The SMILES string of the molecule is Cc1cc(COC(=O)/C=C/c2c(C)nn(Cc3ccc(Cl)cc3Cl)c2Cl)no1. The van der Waals surface area contributed by atoms with Gasteiger partial charge in [0.2, 0.25) is 0 Å². The quantitative estimate of drug-likeness (QED) is 0.386. The number of rotatable bonds is 6. The molecular weight excluding hydrogens is 425 g/mol. The fourth-order valence-corrected chi connectivity index (χ4v) is 3.27. The van der Waals surface area contributed by atoms with Gasteiger partial charge in [0, 0.05) is 27.8 Å². The molecule has 0 aliphatic heterocycles. The summed E-state index contributed by atoms with van der Waals surface area (Å²) in [4.78, 5) is 11.9. The molecule has 0 saturated carbocycles. The Morgan fingerprint density at radius 2 is 2.04 bits per heavy atom. The Kier molecular flexibility index (Phi) is 6.44. The number of carbonyl (C=O) groups is 1. The zero-order valence-electron chi connectivity index (χ0n) is 15.1. The van der Waals surface area contributed by atoms with Crippen LogP contribution in [0.25, 0.3) is 6.08 Å². The highest BCUT2D eigenvalue weighted by Crippen LogP contribution is 2.26. The van der Waals surface area contributed by atoms with E-state index >= 15 is 0 Å². The Bertz CT molecular complexity index is 1040. The molecule has 146 valence electrons. The lowest BCUT2D eigenvalue weighted by Crippen LogP contribution is -2.02. The Morgan fingerprint density at radius 3 is 2.71 bits per heavy atom. The molecule has 9 heteroatoms. The molecule has 0 N–H and O–H groups in total. The summed E-state index contributed by atoms with van der Waals surface area (Å²) in [7, 11) is 0.